The molecule has 1 atom stereocenters. The molecule has 0 heterocycles. The second-order valence-electron chi connectivity index (χ2n) is 7.16. The Kier molecular flexibility index (Phi) is 8.57. The molecule has 1 amide bonds. The quantitative estimate of drug-likeness (QED) is 0.293. The molecule has 0 aromatic heterocycles. The van der Waals surface area contributed by atoms with Crippen LogP contribution in [0.2, 0.25) is 10.0 Å². The van der Waals surface area contributed by atoms with E-state index in [1.165, 1.54) is 30.3 Å². The van der Waals surface area contributed by atoms with Gasteiger partial charge in [-0.1, -0.05) is 35.3 Å². The Bertz CT molecular complexity index is 1400. The predicted molar refractivity (Wildman–Crippen MR) is 135 cm³/mol. The molecule has 0 saturated carbocycles. The van der Waals surface area contributed by atoms with Crippen LogP contribution in [0.1, 0.15) is 15.9 Å². The first kappa shape index (κ1) is 27.1. The van der Waals surface area contributed by atoms with Crippen LogP contribution in [0.5, 0.6) is 0 Å². The van der Waals surface area contributed by atoms with E-state index in [1.807, 2.05) is 27.3 Å². The average molecular weight is 655 g/mol. The molecule has 35 heavy (non-hydrogen) atoms. The summed E-state index contributed by atoms with van der Waals surface area (Å²) in [4.78, 5) is 23.5. The lowest BCUT2D eigenvalue weighted by atomic mass is 10.1. The average Bonchev–Trinajstić information content (AvgIpc) is 2.75. The maximum absolute atomic E-state index is 14.1. The Morgan fingerprint density at radius 1 is 1.00 bits per heavy atom. The van der Waals surface area contributed by atoms with Gasteiger partial charge < -0.3 is 10.4 Å². The number of rotatable bonds is 8. The zero-order chi connectivity index (χ0) is 25.9. The van der Waals surface area contributed by atoms with Crippen LogP contribution < -0.4 is 10.0 Å². The topological polar surface area (TPSA) is 113 Å². The number of hydrogen-bond donors (Lipinski definition) is 3. The molecule has 0 saturated heterocycles. The van der Waals surface area contributed by atoms with Crippen molar-refractivity contribution in [2.45, 2.75) is 17.4 Å². The number of carboxylic acid groups (broad SMARTS) is 1. The number of hydrogen-bond acceptors (Lipinski definition) is 4. The third-order valence-corrected chi connectivity index (χ3v) is 7.51. The number of amides is 1. The van der Waals surface area contributed by atoms with Gasteiger partial charge in [-0.3, -0.25) is 9.52 Å². The third kappa shape index (κ3) is 6.60. The fraction of sp³-hybridized carbons (Fsp3) is 0.0909. The summed E-state index contributed by atoms with van der Waals surface area (Å²) in [6, 6.07) is 9.63. The SMILES string of the molecule is O=C(N[C@@H](Cc1ccc(Cl)c(Cl)c1)C(=O)O)c1ccc(I)cc1NS(=O)(=O)c1c(F)cccc1F. The summed E-state index contributed by atoms with van der Waals surface area (Å²) in [7, 11) is -4.78. The summed E-state index contributed by atoms with van der Waals surface area (Å²) in [5.74, 6) is -4.92. The monoisotopic (exact) mass is 654 g/mol. The second kappa shape index (κ2) is 11.1. The number of benzene rings is 3. The van der Waals surface area contributed by atoms with Crippen LogP contribution in [-0.2, 0) is 21.2 Å². The summed E-state index contributed by atoms with van der Waals surface area (Å²) < 4.78 is 56.1. The first-order valence-corrected chi connectivity index (χ1v) is 12.9. The van der Waals surface area contributed by atoms with Crippen LogP contribution in [0.4, 0.5) is 14.5 Å². The zero-order valence-electron chi connectivity index (χ0n) is 17.4. The Hall–Kier alpha value is -2.48. The van der Waals surface area contributed by atoms with Crippen molar-refractivity contribution >= 4 is 73.4 Å². The molecular weight excluding hydrogens is 640 g/mol. The van der Waals surface area contributed by atoms with Crippen molar-refractivity contribution in [1.29, 1.82) is 0 Å². The highest BCUT2D eigenvalue weighted by molar-refractivity contribution is 14.1. The van der Waals surface area contributed by atoms with Crippen molar-refractivity contribution in [2.24, 2.45) is 0 Å². The lowest BCUT2D eigenvalue weighted by Crippen LogP contribution is -2.42. The van der Waals surface area contributed by atoms with E-state index in [9.17, 15) is 31.9 Å². The lowest BCUT2D eigenvalue weighted by molar-refractivity contribution is -0.139. The highest BCUT2D eigenvalue weighted by Gasteiger charge is 2.27. The van der Waals surface area contributed by atoms with Crippen molar-refractivity contribution in [2.75, 3.05) is 4.72 Å². The van der Waals surface area contributed by atoms with Crippen molar-refractivity contribution in [3.05, 3.63) is 91.0 Å². The zero-order valence-corrected chi connectivity index (χ0v) is 21.8. The summed E-state index contributed by atoms with van der Waals surface area (Å²) in [5.41, 5.74) is -0.0764. The number of nitrogens with one attached hydrogen (secondary N) is 2. The Labute approximate surface area is 222 Å². The number of anilines is 1. The molecule has 3 aromatic carbocycles. The molecule has 3 rings (SSSR count). The van der Waals surface area contributed by atoms with Gasteiger partial charge in [-0.05, 0) is 70.6 Å². The van der Waals surface area contributed by atoms with E-state index in [-0.39, 0.29) is 27.7 Å². The van der Waals surface area contributed by atoms with Crippen molar-refractivity contribution in [3.63, 3.8) is 0 Å². The molecule has 3 aromatic rings. The van der Waals surface area contributed by atoms with Gasteiger partial charge >= 0.3 is 5.97 Å². The maximum atomic E-state index is 14.1. The number of aliphatic carboxylic acids is 1. The minimum absolute atomic E-state index is 0.149. The molecule has 0 fully saturated rings. The highest BCUT2D eigenvalue weighted by Crippen LogP contribution is 2.26. The first-order valence-electron chi connectivity index (χ1n) is 9.63. The van der Waals surface area contributed by atoms with Crippen molar-refractivity contribution in [1.82, 2.24) is 5.32 Å². The van der Waals surface area contributed by atoms with E-state index < -0.39 is 44.5 Å². The van der Waals surface area contributed by atoms with E-state index in [4.69, 9.17) is 23.2 Å². The maximum Gasteiger partial charge on any atom is 0.326 e. The van der Waals surface area contributed by atoms with Gasteiger partial charge in [0, 0.05) is 9.99 Å². The first-order chi connectivity index (χ1) is 16.4. The summed E-state index contributed by atoms with van der Waals surface area (Å²) >= 11 is 13.7. The molecule has 184 valence electrons. The minimum atomic E-state index is -4.78. The summed E-state index contributed by atoms with van der Waals surface area (Å²) in [6.07, 6.45) is -0.149. The Morgan fingerprint density at radius 2 is 1.66 bits per heavy atom. The minimum Gasteiger partial charge on any atom is -0.480 e. The van der Waals surface area contributed by atoms with Gasteiger partial charge in [-0.25, -0.2) is 22.0 Å². The lowest BCUT2D eigenvalue weighted by Gasteiger charge is -2.18. The van der Waals surface area contributed by atoms with E-state index >= 15 is 0 Å². The molecule has 0 aliphatic rings. The number of halogens is 5. The molecule has 3 N–H and O–H groups in total. The molecule has 13 heteroatoms. The predicted octanol–water partition coefficient (Wildman–Crippen LogP) is 5.10. The summed E-state index contributed by atoms with van der Waals surface area (Å²) in [6.45, 7) is 0. The molecule has 7 nitrogen and oxygen atoms in total. The highest BCUT2D eigenvalue weighted by atomic mass is 127. The van der Waals surface area contributed by atoms with Gasteiger partial charge in [-0.2, -0.15) is 0 Å². The molecule has 0 radical (unpaired) electrons. The number of carbonyl (C=O) groups excluding carboxylic acids is 1. The van der Waals surface area contributed by atoms with Crippen LogP contribution in [0.15, 0.2) is 59.5 Å². The number of carbonyl (C=O) groups is 2. The molecule has 0 bridgehead atoms. The van der Waals surface area contributed by atoms with Crippen LogP contribution in [-0.4, -0.2) is 31.4 Å². The van der Waals surface area contributed by atoms with E-state index in [2.05, 4.69) is 5.32 Å². The second-order valence-corrected chi connectivity index (χ2v) is 10.8. The number of sulfonamides is 1. The van der Waals surface area contributed by atoms with Gasteiger partial charge in [0.05, 0.1) is 21.3 Å². The molecular formula is C22H15Cl2F2IN2O5S. The van der Waals surface area contributed by atoms with Crippen molar-refractivity contribution in [3.8, 4) is 0 Å². The van der Waals surface area contributed by atoms with Gasteiger partial charge in [0.1, 0.15) is 17.7 Å². The summed E-state index contributed by atoms with van der Waals surface area (Å²) in [5, 5.41) is 12.4. The van der Waals surface area contributed by atoms with E-state index in [0.29, 0.717) is 9.13 Å². The Balaban J connectivity index is 1.91. The van der Waals surface area contributed by atoms with Gasteiger partial charge in [0.15, 0.2) is 4.90 Å². The van der Waals surface area contributed by atoms with E-state index in [0.717, 1.165) is 18.2 Å². The fourth-order valence-corrected chi connectivity index (χ4v) is 5.09. The van der Waals surface area contributed by atoms with Crippen LogP contribution in [0.25, 0.3) is 0 Å². The van der Waals surface area contributed by atoms with Crippen molar-refractivity contribution < 1.29 is 31.9 Å². The van der Waals surface area contributed by atoms with Crippen LogP contribution in [0, 0.1) is 15.2 Å². The van der Waals surface area contributed by atoms with E-state index in [1.54, 1.807) is 6.07 Å². The largest absolute Gasteiger partial charge is 0.480 e. The smallest absolute Gasteiger partial charge is 0.326 e. The van der Waals surface area contributed by atoms with Crippen LogP contribution in [0.3, 0.4) is 0 Å². The standard InChI is InChI=1S/C22H15Cl2F2IN2O5S/c23-14-7-4-11(8-15(14)24)9-19(22(31)32)28-21(30)13-6-5-12(27)10-18(13)29-35(33,34)20-16(25)2-1-3-17(20)26/h1-8,10,19,29H,9H2,(H,28,30)(H,31,32)/t19-/m0/s1. The van der Waals surface area contributed by atoms with Gasteiger partial charge in [0.2, 0.25) is 0 Å². The van der Waals surface area contributed by atoms with Gasteiger partial charge in [0.25, 0.3) is 15.9 Å². The molecule has 0 aliphatic heterocycles. The molecule has 0 aliphatic carbocycles. The third-order valence-electron chi connectivity index (χ3n) is 4.69. The Morgan fingerprint density at radius 3 is 2.26 bits per heavy atom. The fourth-order valence-electron chi connectivity index (χ4n) is 3.07. The molecule has 0 unspecified atom stereocenters. The van der Waals surface area contributed by atoms with Gasteiger partial charge in [-0.15, -0.1) is 0 Å². The molecule has 0 spiro atoms. The van der Waals surface area contributed by atoms with Crippen LogP contribution >= 0.6 is 45.8 Å². The number of carboxylic acids is 1. The normalized spacial score (nSPS) is 12.1.